The first-order valence-electron chi connectivity index (χ1n) is 9.32. The third kappa shape index (κ3) is 4.58. The van der Waals surface area contributed by atoms with E-state index < -0.39 is 0 Å². The zero-order chi connectivity index (χ0) is 17.9. The molecule has 3 amide bonds. The Bertz CT molecular complexity index is 495. The Labute approximate surface area is 145 Å². The van der Waals surface area contributed by atoms with Crippen LogP contribution in [0.15, 0.2) is 0 Å². The smallest absolute Gasteiger partial charge is 0.233 e. The summed E-state index contributed by atoms with van der Waals surface area (Å²) in [6, 6.07) is 0. The van der Waals surface area contributed by atoms with Gasteiger partial charge in [-0.1, -0.05) is 34.1 Å². The summed E-state index contributed by atoms with van der Waals surface area (Å²) in [5.41, 5.74) is -0.166. The maximum absolute atomic E-state index is 12.4. The Balaban J connectivity index is 1.66. The van der Waals surface area contributed by atoms with Crippen LogP contribution in [0.2, 0.25) is 0 Å². The second kappa shape index (κ2) is 7.66. The van der Waals surface area contributed by atoms with E-state index in [1.807, 2.05) is 25.7 Å². The van der Waals surface area contributed by atoms with E-state index in [1.54, 1.807) is 0 Å². The fourth-order valence-electron chi connectivity index (χ4n) is 3.64. The zero-order valence-electron chi connectivity index (χ0n) is 15.6. The number of amides is 3. The third-order valence-corrected chi connectivity index (χ3v) is 5.34. The summed E-state index contributed by atoms with van der Waals surface area (Å²) in [7, 11) is 0. The molecular weight excluding hydrogens is 304 g/mol. The highest BCUT2D eigenvalue weighted by Gasteiger charge is 2.44. The number of rotatable bonds is 6. The lowest BCUT2D eigenvalue weighted by Gasteiger charge is -2.24. The molecule has 2 rings (SSSR count). The Morgan fingerprint density at radius 1 is 1.17 bits per heavy atom. The average molecular weight is 336 g/mol. The normalized spacial score (nSPS) is 25.0. The van der Waals surface area contributed by atoms with Crippen LogP contribution in [0.1, 0.15) is 66.2 Å². The number of unbranched alkanes of at least 4 members (excludes halogenated alkanes) is 2. The van der Waals surface area contributed by atoms with E-state index in [9.17, 15) is 14.4 Å². The molecule has 0 N–H and O–H groups in total. The van der Waals surface area contributed by atoms with Gasteiger partial charge in [0.2, 0.25) is 17.7 Å². The van der Waals surface area contributed by atoms with Crippen LogP contribution in [0, 0.1) is 17.3 Å². The molecule has 0 bridgehead atoms. The van der Waals surface area contributed by atoms with Crippen molar-refractivity contribution < 1.29 is 14.4 Å². The highest BCUT2D eigenvalue weighted by atomic mass is 16.2. The minimum atomic E-state index is -0.191. The second-order valence-electron chi connectivity index (χ2n) is 8.55. The molecule has 0 saturated carbocycles. The fraction of sp³-hybridized carbons (Fsp3) is 0.842. The van der Waals surface area contributed by atoms with Crippen molar-refractivity contribution in [2.24, 2.45) is 17.3 Å². The topological polar surface area (TPSA) is 57.7 Å². The van der Waals surface area contributed by atoms with E-state index >= 15 is 0 Å². The summed E-state index contributed by atoms with van der Waals surface area (Å²) in [4.78, 5) is 39.9. The van der Waals surface area contributed by atoms with E-state index in [2.05, 4.69) is 6.92 Å². The first-order valence-corrected chi connectivity index (χ1v) is 9.32. The van der Waals surface area contributed by atoms with Gasteiger partial charge in [-0.15, -0.1) is 0 Å². The van der Waals surface area contributed by atoms with E-state index in [-0.39, 0.29) is 29.1 Å². The summed E-state index contributed by atoms with van der Waals surface area (Å²) in [6.07, 6.45) is 4.54. The second-order valence-corrected chi connectivity index (χ2v) is 8.55. The van der Waals surface area contributed by atoms with Crippen LogP contribution in [-0.2, 0) is 14.4 Å². The summed E-state index contributed by atoms with van der Waals surface area (Å²) < 4.78 is 0. The van der Waals surface area contributed by atoms with E-state index in [4.69, 9.17) is 0 Å². The Hall–Kier alpha value is -1.39. The molecule has 0 spiro atoms. The van der Waals surface area contributed by atoms with Crippen LogP contribution in [0.3, 0.4) is 0 Å². The van der Waals surface area contributed by atoms with Crippen molar-refractivity contribution in [3.8, 4) is 0 Å². The predicted molar refractivity (Wildman–Crippen MR) is 93.1 cm³/mol. The van der Waals surface area contributed by atoms with Gasteiger partial charge in [0.15, 0.2) is 0 Å². The minimum absolute atomic E-state index is 0.0189. The molecule has 24 heavy (non-hydrogen) atoms. The number of carbonyl (C=O) groups is 3. The highest BCUT2D eigenvalue weighted by Crippen LogP contribution is 2.35. The number of nitrogens with zero attached hydrogens (tertiary/aromatic N) is 2. The first-order chi connectivity index (χ1) is 11.2. The van der Waals surface area contributed by atoms with Gasteiger partial charge < -0.3 is 4.90 Å². The van der Waals surface area contributed by atoms with Gasteiger partial charge in [0.05, 0.1) is 5.92 Å². The van der Waals surface area contributed by atoms with Crippen molar-refractivity contribution in [3.05, 3.63) is 0 Å². The Kier molecular flexibility index (Phi) is 6.05. The van der Waals surface area contributed by atoms with Gasteiger partial charge in [0.25, 0.3) is 0 Å². The van der Waals surface area contributed by atoms with Crippen molar-refractivity contribution >= 4 is 17.7 Å². The maximum atomic E-state index is 12.4. The molecule has 0 aliphatic carbocycles. The lowest BCUT2D eigenvalue weighted by atomic mass is 9.80. The molecule has 0 aromatic heterocycles. The molecule has 0 radical (unpaired) electrons. The van der Waals surface area contributed by atoms with Crippen LogP contribution in [0.25, 0.3) is 0 Å². The molecule has 136 valence electrons. The highest BCUT2D eigenvalue weighted by molar-refractivity contribution is 6.03. The molecular formula is C19H32N2O3. The molecule has 5 heteroatoms. The molecule has 2 aliphatic heterocycles. The van der Waals surface area contributed by atoms with E-state index in [0.29, 0.717) is 25.3 Å². The lowest BCUT2D eigenvalue weighted by molar-refractivity contribution is -0.140. The number of imide groups is 1. The summed E-state index contributed by atoms with van der Waals surface area (Å²) in [5, 5.41) is 0. The summed E-state index contributed by atoms with van der Waals surface area (Å²) in [6.45, 7) is 10.5. The van der Waals surface area contributed by atoms with Crippen molar-refractivity contribution in [2.45, 2.75) is 66.2 Å². The van der Waals surface area contributed by atoms with Gasteiger partial charge in [-0.2, -0.15) is 0 Å². The lowest BCUT2D eigenvalue weighted by Crippen LogP contribution is -2.34. The number of hydrogen-bond donors (Lipinski definition) is 0. The monoisotopic (exact) mass is 336 g/mol. The number of carbonyl (C=O) groups excluding carboxylic acids is 3. The summed E-state index contributed by atoms with van der Waals surface area (Å²) in [5.74, 6) is 0.623. The molecule has 2 aliphatic rings. The average Bonchev–Trinajstić information content (AvgIpc) is 3.03. The minimum Gasteiger partial charge on any atom is -0.342 e. The first kappa shape index (κ1) is 18.9. The SMILES string of the molecule is C[C@H]1CCN(C(=O)CCCCCN2C(=O)C[C@H](C(C)(C)C)C2=O)C1. The van der Waals surface area contributed by atoms with Crippen molar-refractivity contribution in [1.29, 1.82) is 0 Å². The molecule has 2 atom stereocenters. The largest absolute Gasteiger partial charge is 0.342 e. The quantitative estimate of drug-likeness (QED) is 0.553. The molecule has 5 nitrogen and oxygen atoms in total. The van der Waals surface area contributed by atoms with Gasteiger partial charge in [0.1, 0.15) is 0 Å². The van der Waals surface area contributed by atoms with Gasteiger partial charge in [-0.25, -0.2) is 0 Å². The van der Waals surface area contributed by atoms with Crippen molar-refractivity contribution in [1.82, 2.24) is 9.80 Å². The fourth-order valence-corrected chi connectivity index (χ4v) is 3.64. The van der Waals surface area contributed by atoms with Crippen LogP contribution >= 0.6 is 0 Å². The predicted octanol–water partition coefficient (Wildman–Crippen LogP) is 2.84. The van der Waals surface area contributed by atoms with Gasteiger partial charge in [-0.05, 0) is 30.6 Å². The Morgan fingerprint density at radius 3 is 2.42 bits per heavy atom. The molecule has 2 fully saturated rings. The van der Waals surface area contributed by atoms with Crippen LogP contribution in [-0.4, -0.2) is 47.2 Å². The summed E-state index contributed by atoms with van der Waals surface area (Å²) >= 11 is 0. The van der Waals surface area contributed by atoms with Crippen molar-refractivity contribution in [2.75, 3.05) is 19.6 Å². The number of likely N-dealkylation sites (tertiary alicyclic amines) is 2. The van der Waals surface area contributed by atoms with Crippen molar-refractivity contribution in [3.63, 3.8) is 0 Å². The van der Waals surface area contributed by atoms with Gasteiger partial charge in [0, 0.05) is 32.5 Å². The van der Waals surface area contributed by atoms with Gasteiger partial charge >= 0.3 is 0 Å². The molecule has 0 aromatic carbocycles. The molecule has 0 aromatic rings. The molecule has 2 saturated heterocycles. The van der Waals surface area contributed by atoms with E-state index in [1.165, 1.54) is 4.90 Å². The molecule has 0 unspecified atom stereocenters. The zero-order valence-corrected chi connectivity index (χ0v) is 15.6. The van der Waals surface area contributed by atoms with Crippen LogP contribution < -0.4 is 0 Å². The standard InChI is InChI=1S/C19H32N2O3/c1-14-9-11-20(13-14)16(22)8-6-5-7-10-21-17(23)12-15(18(21)24)19(2,3)4/h14-15H,5-13H2,1-4H3/t14-,15-/m0/s1. The Morgan fingerprint density at radius 2 is 1.88 bits per heavy atom. The van der Waals surface area contributed by atoms with Gasteiger partial charge in [-0.3, -0.25) is 19.3 Å². The van der Waals surface area contributed by atoms with Crippen LogP contribution in [0.5, 0.6) is 0 Å². The maximum Gasteiger partial charge on any atom is 0.233 e. The van der Waals surface area contributed by atoms with E-state index in [0.717, 1.165) is 38.8 Å². The molecule has 2 heterocycles. The number of hydrogen-bond acceptors (Lipinski definition) is 3. The third-order valence-electron chi connectivity index (χ3n) is 5.34. The van der Waals surface area contributed by atoms with Crippen LogP contribution in [0.4, 0.5) is 0 Å².